The molecule has 1 atom stereocenters. The first-order valence-corrected chi connectivity index (χ1v) is 15.3. The summed E-state index contributed by atoms with van der Waals surface area (Å²) in [6.45, 7) is 8.29. The molecule has 10 heteroatoms. The molecule has 0 bridgehead atoms. The highest BCUT2D eigenvalue weighted by molar-refractivity contribution is 7.22. The average Bonchev–Trinajstić information content (AvgIpc) is 3.60. The third kappa shape index (κ3) is 5.58. The van der Waals surface area contributed by atoms with Gasteiger partial charge < -0.3 is 14.6 Å². The molecule has 1 N–H and O–H groups in total. The Kier molecular flexibility index (Phi) is 8.42. The number of fused-ring (bicyclic) bond motifs is 1. The molecule has 0 aliphatic carbocycles. The molecule has 2 aromatic carbocycles. The number of benzene rings is 2. The molecular formula is C31H33N3O5S2. The number of aliphatic hydroxyl groups is 1. The number of hydrogen-bond donors (Lipinski definition) is 1. The Morgan fingerprint density at radius 3 is 2.54 bits per heavy atom. The van der Waals surface area contributed by atoms with Crippen molar-refractivity contribution in [1.29, 1.82) is 0 Å². The summed E-state index contributed by atoms with van der Waals surface area (Å²) in [4.78, 5) is 38.6. The van der Waals surface area contributed by atoms with Crippen LogP contribution in [-0.2, 0) is 4.79 Å². The van der Waals surface area contributed by atoms with E-state index in [0.29, 0.717) is 39.4 Å². The highest BCUT2D eigenvalue weighted by Crippen LogP contribution is 2.46. The molecule has 214 valence electrons. The second kappa shape index (κ2) is 12.0. The quantitative estimate of drug-likeness (QED) is 0.143. The van der Waals surface area contributed by atoms with Crippen molar-refractivity contribution in [3.05, 3.63) is 74.4 Å². The third-order valence-electron chi connectivity index (χ3n) is 7.06. The summed E-state index contributed by atoms with van der Waals surface area (Å²) < 4.78 is 12.6. The summed E-state index contributed by atoms with van der Waals surface area (Å²) in [5.74, 6) is -0.639. The minimum atomic E-state index is -0.925. The van der Waals surface area contributed by atoms with E-state index >= 15 is 0 Å². The van der Waals surface area contributed by atoms with Gasteiger partial charge in [-0.2, -0.15) is 0 Å². The molecule has 1 aliphatic rings. The van der Waals surface area contributed by atoms with Crippen LogP contribution < -0.4 is 14.4 Å². The number of hydrogen-bond acceptors (Lipinski definition) is 9. The van der Waals surface area contributed by atoms with Crippen LogP contribution in [0.2, 0.25) is 0 Å². The van der Waals surface area contributed by atoms with E-state index in [1.54, 1.807) is 26.2 Å². The second-order valence-electron chi connectivity index (χ2n) is 10.1. The van der Waals surface area contributed by atoms with Crippen LogP contribution in [0.5, 0.6) is 11.5 Å². The van der Waals surface area contributed by atoms with Crippen LogP contribution in [0.3, 0.4) is 0 Å². The minimum absolute atomic E-state index is 0.00697. The fourth-order valence-corrected chi connectivity index (χ4v) is 6.99. The van der Waals surface area contributed by atoms with Crippen molar-refractivity contribution in [2.45, 2.75) is 59.4 Å². The zero-order valence-corrected chi connectivity index (χ0v) is 25.4. The van der Waals surface area contributed by atoms with E-state index in [1.807, 2.05) is 38.1 Å². The Morgan fingerprint density at radius 1 is 1.02 bits per heavy atom. The third-order valence-corrected chi connectivity index (χ3v) is 9.15. The van der Waals surface area contributed by atoms with Gasteiger partial charge in [-0.15, -0.1) is 11.3 Å². The first-order chi connectivity index (χ1) is 19.7. The van der Waals surface area contributed by atoms with E-state index in [1.165, 1.54) is 27.6 Å². The Morgan fingerprint density at radius 2 is 1.83 bits per heavy atom. The second-order valence-corrected chi connectivity index (χ2v) is 12.3. The maximum absolute atomic E-state index is 14.0. The number of ether oxygens (including phenoxy) is 2. The van der Waals surface area contributed by atoms with E-state index < -0.39 is 23.5 Å². The van der Waals surface area contributed by atoms with Gasteiger partial charge in [-0.1, -0.05) is 49.7 Å². The SMILES string of the molecule is CCCCCCOc1ccc(C2C(C(=O)c3sc(C)nc3C)=C(O)C(=O)N2c2nc3ccc(C)cc3s2)cc1OC. The predicted octanol–water partition coefficient (Wildman–Crippen LogP) is 7.43. The minimum Gasteiger partial charge on any atom is -0.503 e. The van der Waals surface area contributed by atoms with Gasteiger partial charge in [0, 0.05) is 0 Å². The van der Waals surface area contributed by atoms with Crippen molar-refractivity contribution < 1.29 is 24.2 Å². The number of methoxy groups -OCH3 is 1. The lowest BCUT2D eigenvalue weighted by molar-refractivity contribution is -0.117. The normalized spacial score (nSPS) is 15.3. The zero-order chi connectivity index (χ0) is 29.3. The molecular weight excluding hydrogens is 558 g/mol. The fourth-order valence-electron chi connectivity index (χ4n) is 5.02. The van der Waals surface area contributed by atoms with Crippen molar-refractivity contribution in [1.82, 2.24) is 9.97 Å². The van der Waals surface area contributed by atoms with Crippen LogP contribution in [-0.4, -0.2) is 40.5 Å². The number of rotatable bonds is 11. The number of nitrogens with zero attached hydrogens (tertiary/aromatic N) is 3. The van der Waals surface area contributed by atoms with E-state index in [-0.39, 0.29) is 5.57 Å². The van der Waals surface area contributed by atoms with E-state index in [2.05, 4.69) is 11.9 Å². The van der Waals surface area contributed by atoms with Gasteiger partial charge in [-0.25, -0.2) is 9.97 Å². The number of thiazole rings is 2. The molecule has 0 fully saturated rings. The molecule has 0 saturated heterocycles. The van der Waals surface area contributed by atoms with Crippen molar-refractivity contribution in [3.63, 3.8) is 0 Å². The van der Waals surface area contributed by atoms with Gasteiger partial charge in [0.05, 0.1) is 51.1 Å². The molecule has 4 aromatic rings. The van der Waals surface area contributed by atoms with Gasteiger partial charge in [0.2, 0.25) is 5.78 Å². The molecule has 0 radical (unpaired) electrons. The van der Waals surface area contributed by atoms with Crippen molar-refractivity contribution in [2.24, 2.45) is 0 Å². The maximum Gasteiger partial charge on any atom is 0.296 e. The number of carbonyl (C=O) groups is 2. The lowest BCUT2D eigenvalue weighted by atomic mass is 9.95. The van der Waals surface area contributed by atoms with Crippen LogP contribution in [0.4, 0.5) is 5.13 Å². The Balaban J connectivity index is 1.59. The maximum atomic E-state index is 14.0. The van der Waals surface area contributed by atoms with Crippen molar-refractivity contribution >= 4 is 49.7 Å². The Labute approximate surface area is 247 Å². The highest BCUT2D eigenvalue weighted by atomic mass is 32.1. The monoisotopic (exact) mass is 591 g/mol. The van der Waals surface area contributed by atoms with Gasteiger partial charge in [-0.3, -0.25) is 14.5 Å². The summed E-state index contributed by atoms with van der Waals surface area (Å²) in [5.41, 5.74) is 2.95. The summed E-state index contributed by atoms with van der Waals surface area (Å²) in [6, 6.07) is 10.3. The molecule has 0 saturated carbocycles. The number of aryl methyl sites for hydroxylation is 3. The molecule has 8 nitrogen and oxygen atoms in total. The van der Waals surface area contributed by atoms with E-state index in [4.69, 9.17) is 14.5 Å². The summed E-state index contributed by atoms with van der Waals surface area (Å²) in [7, 11) is 1.55. The average molecular weight is 592 g/mol. The van der Waals surface area contributed by atoms with Crippen LogP contribution >= 0.6 is 22.7 Å². The molecule has 1 amide bonds. The number of Topliss-reactive ketones (excluding diaryl/α,β-unsaturated/α-hetero) is 1. The van der Waals surface area contributed by atoms with Gasteiger partial charge in [0.15, 0.2) is 22.4 Å². The lowest BCUT2D eigenvalue weighted by Gasteiger charge is -2.25. The standard InChI is InChI=1S/C31H33N3O5S2/c1-6-7-8-9-14-39-22-13-11-20(16-23(22)38-5)26-25(27(35)29-18(3)32-19(4)40-29)28(36)30(37)34(26)31-33-21-12-10-17(2)15-24(21)41-31/h10-13,15-16,26,36H,6-9,14H2,1-5H3. The van der Waals surface area contributed by atoms with Gasteiger partial charge in [-0.05, 0) is 62.6 Å². The van der Waals surface area contributed by atoms with E-state index in [0.717, 1.165) is 46.5 Å². The molecule has 41 heavy (non-hydrogen) atoms. The topological polar surface area (TPSA) is 102 Å². The Hall–Kier alpha value is -3.76. The number of anilines is 1. The van der Waals surface area contributed by atoms with Crippen LogP contribution in [0, 0.1) is 20.8 Å². The van der Waals surface area contributed by atoms with Crippen LogP contribution in [0.15, 0.2) is 47.7 Å². The summed E-state index contributed by atoms with van der Waals surface area (Å²) in [6.07, 6.45) is 4.32. The fraction of sp³-hybridized carbons (Fsp3) is 0.355. The lowest BCUT2D eigenvalue weighted by Crippen LogP contribution is -2.31. The predicted molar refractivity (Wildman–Crippen MR) is 163 cm³/mol. The molecule has 3 heterocycles. The highest BCUT2D eigenvalue weighted by Gasteiger charge is 2.46. The Bertz CT molecular complexity index is 1650. The van der Waals surface area contributed by atoms with Gasteiger partial charge in [0.1, 0.15) is 0 Å². The first kappa shape index (κ1) is 28.8. The molecule has 1 aliphatic heterocycles. The molecule has 2 aromatic heterocycles. The van der Waals surface area contributed by atoms with Gasteiger partial charge >= 0.3 is 0 Å². The summed E-state index contributed by atoms with van der Waals surface area (Å²) >= 11 is 2.58. The molecule has 1 unspecified atom stereocenters. The largest absolute Gasteiger partial charge is 0.503 e. The number of unbranched alkanes of at least 4 members (excludes halogenated alkanes) is 3. The van der Waals surface area contributed by atoms with Crippen LogP contribution in [0.25, 0.3) is 10.2 Å². The first-order valence-electron chi connectivity index (χ1n) is 13.7. The number of ketones is 1. The number of amides is 1. The number of aliphatic hydroxyl groups excluding tert-OH is 1. The smallest absolute Gasteiger partial charge is 0.296 e. The van der Waals surface area contributed by atoms with Crippen molar-refractivity contribution in [2.75, 3.05) is 18.6 Å². The molecule has 0 spiro atoms. The zero-order valence-electron chi connectivity index (χ0n) is 23.8. The number of aromatic nitrogens is 2. The molecule has 5 rings (SSSR count). The van der Waals surface area contributed by atoms with E-state index in [9.17, 15) is 14.7 Å². The van der Waals surface area contributed by atoms with Crippen molar-refractivity contribution in [3.8, 4) is 11.5 Å². The van der Waals surface area contributed by atoms with Crippen LogP contribution in [0.1, 0.15) is 70.1 Å². The summed E-state index contributed by atoms with van der Waals surface area (Å²) in [5, 5.41) is 12.3. The van der Waals surface area contributed by atoms with Gasteiger partial charge in [0.25, 0.3) is 5.91 Å². The number of carbonyl (C=O) groups excluding carboxylic acids is 2.